The largest absolute Gasteiger partial charge is 0.506 e. The van der Waals surface area contributed by atoms with Gasteiger partial charge in [0.15, 0.2) is 5.76 Å². The topological polar surface area (TPSA) is 91.6 Å². The van der Waals surface area contributed by atoms with Gasteiger partial charge in [0.05, 0.1) is 18.4 Å². The van der Waals surface area contributed by atoms with Gasteiger partial charge in [0.25, 0.3) is 5.91 Å². The first-order chi connectivity index (χ1) is 12.1. The summed E-state index contributed by atoms with van der Waals surface area (Å²) in [6.07, 6.45) is 1.61. The molecule has 0 bridgehead atoms. The van der Waals surface area contributed by atoms with Gasteiger partial charge in [0, 0.05) is 11.8 Å². The lowest BCUT2D eigenvalue weighted by Gasteiger charge is -2.10. The first kappa shape index (κ1) is 16.3. The van der Waals surface area contributed by atoms with Crippen LogP contribution in [0.25, 0.3) is 0 Å². The van der Waals surface area contributed by atoms with Crippen molar-refractivity contribution in [2.45, 2.75) is 6.42 Å². The predicted octanol–water partition coefficient (Wildman–Crippen LogP) is 3.42. The van der Waals surface area contributed by atoms with Crippen molar-refractivity contribution in [3.05, 3.63) is 78.3 Å². The fraction of sp³-hybridized carbons (Fsp3) is 0.0526. The van der Waals surface area contributed by atoms with Crippen LogP contribution in [0.15, 0.2) is 71.3 Å². The van der Waals surface area contributed by atoms with Crippen molar-refractivity contribution in [2.75, 3.05) is 10.6 Å². The fourth-order valence-corrected chi connectivity index (χ4v) is 2.29. The number of carbonyl (C=O) groups excluding carboxylic acids is 2. The Balaban J connectivity index is 1.63. The van der Waals surface area contributed by atoms with E-state index in [1.807, 2.05) is 30.3 Å². The quantitative estimate of drug-likeness (QED) is 0.623. The second kappa shape index (κ2) is 7.35. The molecule has 0 radical (unpaired) electrons. The summed E-state index contributed by atoms with van der Waals surface area (Å²) >= 11 is 0. The van der Waals surface area contributed by atoms with E-state index in [4.69, 9.17) is 4.42 Å². The number of hydrogen-bond donors (Lipinski definition) is 3. The third-order valence-corrected chi connectivity index (χ3v) is 3.48. The Bertz CT molecular complexity index is 874. The van der Waals surface area contributed by atoms with E-state index in [0.29, 0.717) is 5.69 Å². The number of aromatic hydroxyl groups is 1. The molecule has 0 atom stereocenters. The maximum absolute atomic E-state index is 12.0. The number of nitrogens with one attached hydrogen (secondary N) is 2. The third-order valence-electron chi connectivity index (χ3n) is 3.48. The van der Waals surface area contributed by atoms with Crippen LogP contribution in [0.2, 0.25) is 0 Å². The Hall–Kier alpha value is -3.54. The molecule has 3 N–H and O–H groups in total. The molecule has 25 heavy (non-hydrogen) atoms. The molecule has 1 heterocycles. The smallest absolute Gasteiger partial charge is 0.291 e. The zero-order valence-corrected chi connectivity index (χ0v) is 13.2. The molecule has 0 unspecified atom stereocenters. The molecule has 6 heteroatoms. The van der Waals surface area contributed by atoms with Crippen molar-refractivity contribution >= 4 is 23.2 Å². The summed E-state index contributed by atoms with van der Waals surface area (Å²) < 4.78 is 5.00. The second-order valence-electron chi connectivity index (χ2n) is 5.37. The summed E-state index contributed by atoms with van der Waals surface area (Å²) in [4.78, 5) is 23.9. The number of carbonyl (C=O) groups is 2. The van der Waals surface area contributed by atoms with E-state index in [1.54, 1.807) is 12.1 Å². The molecule has 0 aliphatic heterocycles. The van der Waals surface area contributed by atoms with Crippen LogP contribution in [0, 0.1) is 0 Å². The molecular weight excluding hydrogens is 320 g/mol. The number of benzene rings is 2. The fourth-order valence-electron chi connectivity index (χ4n) is 2.29. The number of phenols is 1. The SMILES string of the molecule is O=C(Cc1ccccc1)Nc1ccc(NC(=O)c2ccco2)cc1O. The molecule has 0 saturated heterocycles. The maximum atomic E-state index is 12.0. The lowest BCUT2D eigenvalue weighted by Crippen LogP contribution is -2.15. The molecule has 0 saturated carbocycles. The first-order valence-electron chi connectivity index (χ1n) is 7.63. The van der Waals surface area contributed by atoms with Crippen LogP contribution >= 0.6 is 0 Å². The van der Waals surface area contributed by atoms with Gasteiger partial charge in [-0.3, -0.25) is 9.59 Å². The lowest BCUT2D eigenvalue weighted by molar-refractivity contribution is -0.115. The van der Waals surface area contributed by atoms with Crippen molar-refractivity contribution in [2.24, 2.45) is 0 Å². The second-order valence-corrected chi connectivity index (χ2v) is 5.37. The van der Waals surface area contributed by atoms with Crippen LogP contribution < -0.4 is 10.6 Å². The van der Waals surface area contributed by atoms with Gasteiger partial charge in [0.1, 0.15) is 5.75 Å². The zero-order valence-electron chi connectivity index (χ0n) is 13.2. The molecule has 0 aliphatic rings. The third kappa shape index (κ3) is 4.26. The molecular formula is C19H16N2O4. The number of hydrogen-bond acceptors (Lipinski definition) is 4. The maximum Gasteiger partial charge on any atom is 0.291 e. The zero-order chi connectivity index (χ0) is 17.6. The van der Waals surface area contributed by atoms with Gasteiger partial charge in [-0.05, 0) is 29.8 Å². The highest BCUT2D eigenvalue weighted by atomic mass is 16.3. The van der Waals surface area contributed by atoms with Crippen LogP contribution in [0.1, 0.15) is 16.1 Å². The van der Waals surface area contributed by atoms with Crippen molar-refractivity contribution in [1.82, 2.24) is 0 Å². The van der Waals surface area contributed by atoms with E-state index in [0.717, 1.165) is 5.56 Å². The van der Waals surface area contributed by atoms with Gasteiger partial charge in [-0.2, -0.15) is 0 Å². The van der Waals surface area contributed by atoms with Crippen LogP contribution in [-0.4, -0.2) is 16.9 Å². The molecule has 6 nitrogen and oxygen atoms in total. The van der Waals surface area contributed by atoms with Gasteiger partial charge in [-0.25, -0.2) is 0 Å². The predicted molar refractivity (Wildman–Crippen MR) is 93.5 cm³/mol. The van der Waals surface area contributed by atoms with Gasteiger partial charge in [-0.1, -0.05) is 30.3 Å². The summed E-state index contributed by atoms with van der Waals surface area (Å²) in [5.74, 6) is -0.641. The van der Waals surface area contributed by atoms with Crippen LogP contribution in [-0.2, 0) is 11.2 Å². The Morgan fingerprint density at radius 3 is 2.44 bits per heavy atom. The van der Waals surface area contributed by atoms with Crippen LogP contribution in [0.5, 0.6) is 5.75 Å². The lowest BCUT2D eigenvalue weighted by atomic mass is 10.1. The van der Waals surface area contributed by atoms with Crippen molar-refractivity contribution in [3.8, 4) is 5.75 Å². The van der Waals surface area contributed by atoms with Crippen LogP contribution in [0.4, 0.5) is 11.4 Å². The monoisotopic (exact) mass is 336 g/mol. The summed E-state index contributed by atoms with van der Waals surface area (Å²) in [7, 11) is 0. The minimum atomic E-state index is -0.426. The Morgan fingerprint density at radius 1 is 0.960 bits per heavy atom. The van der Waals surface area contributed by atoms with Gasteiger partial charge in [0.2, 0.25) is 5.91 Å². The Morgan fingerprint density at radius 2 is 1.76 bits per heavy atom. The number of phenolic OH excluding ortho intramolecular Hbond substituents is 1. The van der Waals surface area contributed by atoms with Crippen LogP contribution in [0.3, 0.4) is 0 Å². The standard InChI is InChI=1S/C19H16N2O4/c22-16-12-14(20-19(24)17-7-4-10-25-17)8-9-15(16)21-18(23)11-13-5-2-1-3-6-13/h1-10,12,22H,11H2,(H,20,24)(H,21,23). The molecule has 0 spiro atoms. The number of rotatable bonds is 5. The number of anilines is 2. The summed E-state index contributed by atoms with van der Waals surface area (Å²) in [5, 5.41) is 15.3. The van der Waals surface area contributed by atoms with E-state index < -0.39 is 5.91 Å². The van der Waals surface area contributed by atoms with E-state index in [1.165, 1.54) is 24.5 Å². The number of furan rings is 1. The highest BCUT2D eigenvalue weighted by Crippen LogP contribution is 2.27. The molecule has 0 fully saturated rings. The summed E-state index contributed by atoms with van der Waals surface area (Å²) in [6, 6.07) is 16.9. The number of amides is 2. The molecule has 2 aromatic carbocycles. The summed E-state index contributed by atoms with van der Waals surface area (Å²) in [6.45, 7) is 0. The normalized spacial score (nSPS) is 10.2. The van der Waals surface area contributed by atoms with Gasteiger partial charge >= 0.3 is 0 Å². The highest BCUT2D eigenvalue weighted by Gasteiger charge is 2.11. The van der Waals surface area contributed by atoms with E-state index >= 15 is 0 Å². The molecule has 0 aliphatic carbocycles. The Kier molecular flexibility index (Phi) is 4.80. The minimum absolute atomic E-state index is 0.140. The molecule has 126 valence electrons. The van der Waals surface area contributed by atoms with E-state index in [-0.39, 0.29) is 29.5 Å². The van der Waals surface area contributed by atoms with Gasteiger partial charge < -0.3 is 20.2 Å². The van der Waals surface area contributed by atoms with E-state index in [2.05, 4.69) is 10.6 Å². The Labute approximate surface area is 144 Å². The summed E-state index contributed by atoms with van der Waals surface area (Å²) in [5.41, 5.74) is 1.54. The van der Waals surface area contributed by atoms with E-state index in [9.17, 15) is 14.7 Å². The molecule has 3 rings (SSSR count). The average Bonchev–Trinajstić information content (AvgIpc) is 3.13. The molecule has 2 amide bonds. The average molecular weight is 336 g/mol. The highest BCUT2D eigenvalue weighted by molar-refractivity contribution is 6.02. The molecule has 1 aromatic heterocycles. The first-order valence-corrected chi connectivity index (χ1v) is 7.63. The molecule has 3 aromatic rings. The van der Waals surface area contributed by atoms with Gasteiger partial charge in [-0.15, -0.1) is 0 Å². The minimum Gasteiger partial charge on any atom is -0.506 e. The van der Waals surface area contributed by atoms with Crippen molar-refractivity contribution in [3.63, 3.8) is 0 Å². The van der Waals surface area contributed by atoms with Crippen molar-refractivity contribution < 1.29 is 19.1 Å². The van der Waals surface area contributed by atoms with Crippen molar-refractivity contribution in [1.29, 1.82) is 0 Å².